The third kappa shape index (κ3) is 2.87. The van der Waals surface area contributed by atoms with Gasteiger partial charge < -0.3 is 5.11 Å². The van der Waals surface area contributed by atoms with Crippen molar-refractivity contribution < 1.29 is 5.11 Å². The third-order valence-corrected chi connectivity index (χ3v) is 3.73. The molecule has 1 saturated carbocycles. The van der Waals surface area contributed by atoms with Crippen molar-refractivity contribution >= 4 is 0 Å². The van der Waals surface area contributed by atoms with Gasteiger partial charge in [0.2, 0.25) is 0 Å². The molecule has 2 rings (SSSR count). The van der Waals surface area contributed by atoms with Crippen LogP contribution in [-0.2, 0) is 20.0 Å². The average molecular weight is 237 g/mol. The fourth-order valence-corrected chi connectivity index (χ4v) is 2.37. The van der Waals surface area contributed by atoms with E-state index in [1.165, 1.54) is 25.0 Å². The Labute approximate surface area is 103 Å². The Bertz CT molecular complexity index is 358. The van der Waals surface area contributed by atoms with E-state index in [2.05, 4.69) is 23.0 Å². The zero-order chi connectivity index (χ0) is 12.3. The molecule has 1 aliphatic carbocycles. The summed E-state index contributed by atoms with van der Waals surface area (Å²) < 4.78 is 1.97. The van der Waals surface area contributed by atoms with Gasteiger partial charge in [0.15, 0.2) is 0 Å². The number of nitrogens with zero attached hydrogens (tertiary/aromatic N) is 3. The van der Waals surface area contributed by atoms with E-state index in [0.717, 1.165) is 25.2 Å². The van der Waals surface area contributed by atoms with Gasteiger partial charge in [0.05, 0.1) is 18.0 Å². The second-order valence-corrected chi connectivity index (χ2v) is 4.88. The Hall–Kier alpha value is -0.870. The lowest BCUT2D eigenvalue weighted by atomic mass is 9.91. The van der Waals surface area contributed by atoms with Gasteiger partial charge in [-0.15, -0.1) is 0 Å². The van der Waals surface area contributed by atoms with Crippen LogP contribution in [0, 0.1) is 0 Å². The first-order chi connectivity index (χ1) is 8.24. The molecular formula is C13H23N3O. The molecular weight excluding hydrogens is 214 g/mol. The molecule has 1 aromatic heterocycles. The van der Waals surface area contributed by atoms with Crippen LogP contribution in [0.2, 0.25) is 0 Å². The van der Waals surface area contributed by atoms with Crippen LogP contribution in [0.5, 0.6) is 0 Å². The SMILES string of the molecule is CCc1cc(CN(CCO)C2CCC2)n(C)n1. The number of hydrogen-bond acceptors (Lipinski definition) is 3. The third-order valence-electron chi connectivity index (χ3n) is 3.73. The molecule has 0 aromatic carbocycles. The molecule has 1 fully saturated rings. The van der Waals surface area contributed by atoms with E-state index in [-0.39, 0.29) is 6.61 Å². The van der Waals surface area contributed by atoms with Gasteiger partial charge in [0.25, 0.3) is 0 Å². The van der Waals surface area contributed by atoms with Crippen molar-refractivity contribution in [1.29, 1.82) is 0 Å². The summed E-state index contributed by atoms with van der Waals surface area (Å²) in [5.41, 5.74) is 2.40. The maximum absolute atomic E-state index is 9.14. The van der Waals surface area contributed by atoms with Gasteiger partial charge in [0.1, 0.15) is 0 Å². The van der Waals surface area contributed by atoms with Crippen LogP contribution in [-0.4, -0.2) is 39.0 Å². The Morgan fingerprint density at radius 3 is 2.76 bits per heavy atom. The molecule has 1 N–H and O–H groups in total. The molecule has 4 heteroatoms. The number of rotatable bonds is 6. The predicted molar refractivity (Wildman–Crippen MR) is 67.7 cm³/mol. The summed E-state index contributed by atoms with van der Waals surface area (Å²) in [6.07, 6.45) is 4.87. The fraction of sp³-hybridized carbons (Fsp3) is 0.769. The van der Waals surface area contributed by atoms with E-state index in [0.29, 0.717) is 6.04 Å². The van der Waals surface area contributed by atoms with Crippen LogP contribution < -0.4 is 0 Å². The van der Waals surface area contributed by atoms with E-state index >= 15 is 0 Å². The van der Waals surface area contributed by atoms with E-state index in [1.807, 2.05) is 11.7 Å². The van der Waals surface area contributed by atoms with Crippen molar-refractivity contribution in [2.45, 2.75) is 45.2 Å². The van der Waals surface area contributed by atoms with Gasteiger partial charge in [0, 0.05) is 26.2 Å². The van der Waals surface area contributed by atoms with Crippen LogP contribution >= 0.6 is 0 Å². The number of hydrogen-bond donors (Lipinski definition) is 1. The van der Waals surface area contributed by atoms with Gasteiger partial charge >= 0.3 is 0 Å². The summed E-state index contributed by atoms with van der Waals surface area (Å²) in [7, 11) is 2.01. The summed E-state index contributed by atoms with van der Waals surface area (Å²) in [5.74, 6) is 0. The Kier molecular flexibility index (Phi) is 4.18. The number of aliphatic hydroxyl groups excluding tert-OH is 1. The highest BCUT2D eigenvalue weighted by Crippen LogP contribution is 2.26. The van der Waals surface area contributed by atoms with E-state index < -0.39 is 0 Å². The minimum atomic E-state index is 0.245. The van der Waals surface area contributed by atoms with Crippen LogP contribution in [0.3, 0.4) is 0 Å². The average Bonchev–Trinajstić information content (AvgIpc) is 2.57. The minimum Gasteiger partial charge on any atom is -0.395 e. The van der Waals surface area contributed by atoms with Gasteiger partial charge in [-0.05, 0) is 25.3 Å². The van der Waals surface area contributed by atoms with Gasteiger partial charge in [-0.3, -0.25) is 9.58 Å². The van der Waals surface area contributed by atoms with E-state index in [4.69, 9.17) is 5.11 Å². The predicted octanol–water partition coefficient (Wildman–Crippen LogP) is 1.33. The molecule has 0 radical (unpaired) electrons. The molecule has 0 aliphatic heterocycles. The van der Waals surface area contributed by atoms with Crippen molar-refractivity contribution in [3.8, 4) is 0 Å². The first-order valence-corrected chi connectivity index (χ1v) is 6.61. The smallest absolute Gasteiger partial charge is 0.0625 e. The summed E-state index contributed by atoms with van der Waals surface area (Å²) in [5, 5.41) is 13.6. The van der Waals surface area contributed by atoms with Crippen molar-refractivity contribution in [3.05, 3.63) is 17.5 Å². The topological polar surface area (TPSA) is 41.3 Å². The molecule has 0 bridgehead atoms. The van der Waals surface area contributed by atoms with E-state index in [1.54, 1.807) is 0 Å². The van der Waals surface area contributed by atoms with Crippen LogP contribution in [0.25, 0.3) is 0 Å². The Balaban J connectivity index is 2.02. The summed E-state index contributed by atoms with van der Waals surface area (Å²) in [6.45, 7) is 4.06. The molecule has 96 valence electrons. The largest absolute Gasteiger partial charge is 0.395 e. The minimum absolute atomic E-state index is 0.245. The molecule has 17 heavy (non-hydrogen) atoms. The van der Waals surface area contributed by atoms with E-state index in [9.17, 15) is 0 Å². The van der Waals surface area contributed by atoms with Crippen molar-refractivity contribution in [2.75, 3.05) is 13.2 Å². The number of aromatic nitrogens is 2. The number of aliphatic hydroxyl groups is 1. The first-order valence-electron chi connectivity index (χ1n) is 6.61. The summed E-state index contributed by atoms with van der Waals surface area (Å²) in [4.78, 5) is 2.39. The normalized spacial score (nSPS) is 16.5. The monoisotopic (exact) mass is 237 g/mol. The Morgan fingerprint density at radius 1 is 1.53 bits per heavy atom. The lowest BCUT2D eigenvalue weighted by Gasteiger charge is -2.37. The Morgan fingerprint density at radius 2 is 2.29 bits per heavy atom. The molecule has 1 aromatic rings. The highest BCUT2D eigenvalue weighted by Gasteiger charge is 2.25. The lowest BCUT2D eigenvalue weighted by Crippen LogP contribution is -2.41. The zero-order valence-electron chi connectivity index (χ0n) is 10.9. The maximum Gasteiger partial charge on any atom is 0.0625 e. The summed E-state index contributed by atoms with van der Waals surface area (Å²) >= 11 is 0. The fourth-order valence-electron chi connectivity index (χ4n) is 2.37. The maximum atomic E-state index is 9.14. The van der Waals surface area contributed by atoms with Crippen LogP contribution in [0.15, 0.2) is 6.07 Å². The highest BCUT2D eigenvalue weighted by molar-refractivity contribution is 5.10. The molecule has 1 heterocycles. The molecule has 0 spiro atoms. The second kappa shape index (κ2) is 5.65. The summed E-state index contributed by atoms with van der Waals surface area (Å²) in [6, 6.07) is 2.85. The highest BCUT2D eigenvalue weighted by atomic mass is 16.3. The van der Waals surface area contributed by atoms with Gasteiger partial charge in [-0.2, -0.15) is 5.10 Å². The molecule has 1 aliphatic rings. The first kappa shape index (κ1) is 12.6. The molecule has 4 nitrogen and oxygen atoms in total. The quantitative estimate of drug-likeness (QED) is 0.811. The van der Waals surface area contributed by atoms with Crippen LogP contribution in [0.4, 0.5) is 0 Å². The standard InChI is InChI=1S/C13H23N3O/c1-3-11-9-13(15(2)14-11)10-16(7-8-17)12-5-4-6-12/h9,12,17H,3-8,10H2,1-2H3. The van der Waals surface area contributed by atoms with Crippen molar-refractivity contribution in [3.63, 3.8) is 0 Å². The molecule has 0 amide bonds. The van der Waals surface area contributed by atoms with Gasteiger partial charge in [-0.1, -0.05) is 13.3 Å². The second-order valence-electron chi connectivity index (χ2n) is 4.88. The lowest BCUT2D eigenvalue weighted by molar-refractivity contribution is 0.0922. The van der Waals surface area contributed by atoms with Crippen molar-refractivity contribution in [2.24, 2.45) is 7.05 Å². The van der Waals surface area contributed by atoms with Crippen LogP contribution in [0.1, 0.15) is 37.6 Å². The molecule has 0 atom stereocenters. The molecule has 0 unspecified atom stereocenters. The van der Waals surface area contributed by atoms with Gasteiger partial charge in [-0.25, -0.2) is 0 Å². The number of aryl methyl sites for hydroxylation is 2. The molecule has 0 saturated heterocycles. The zero-order valence-corrected chi connectivity index (χ0v) is 10.9. The van der Waals surface area contributed by atoms with Crippen molar-refractivity contribution in [1.82, 2.24) is 14.7 Å².